The summed E-state index contributed by atoms with van der Waals surface area (Å²) in [6.07, 6.45) is -1.37. The van der Waals surface area contributed by atoms with Gasteiger partial charge < -0.3 is 5.11 Å². The molecule has 0 amide bonds. The van der Waals surface area contributed by atoms with E-state index in [4.69, 9.17) is 11.6 Å². The molecule has 0 aromatic heterocycles. The molecule has 0 aliphatic rings. The van der Waals surface area contributed by atoms with E-state index in [2.05, 4.69) is 15.9 Å². The van der Waals surface area contributed by atoms with Crippen molar-refractivity contribution in [1.29, 1.82) is 0 Å². The van der Waals surface area contributed by atoms with Gasteiger partial charge in [0.1, 0.15) is 17.5 Å². The van der Waals surface area contributed by atoms with Crippen LogP contribution in [0.1, 0.15) is 17.2 Å². The van der Waals surface area contributed by atoms with Gasteiger partial charge in [-0.2, -0.15) is 0 Å². The summed E-state index contributed by atoms with van der Waals surface area (Å²) in [6, 6.07) is 5.77. The van der Waals surface area contributed by atoms with E-state index in [0.29, 0.717) is 4.47 Å². The molecule has 1 nitrogen and oxygen atoms in total. The van der Waals surface area contributed by atoms with Gasteiger partial charge in [-0.3, -0.25) is 0 Å². The molecule has 1 N–H and O–H groups in total. The quantitative estimate of drug-likeness (QED) is 0.775. The molecule has 20 heavy (non-hydrogen) atoms. The average Bonchev–Trinajstić information content (AvgIpc) is 2.34. The van der Waals surface area contributed by atoms with E-state index in [1.807, 2.05) is 0 Å². The molecule has 0 fully saturated rings. The molecule has 0 aliphatic heterocycles. The zero-order valence-corrected chi connectivity index (χ0v) is 12.4. The number of halogens is 5. The number of hydrogen-bond acceptors (Lipinski definition) is 1. The smallest absolute Gasteiger partial charge is 0.148 e. The van der Waals surface area contributed by atoms with E-state index >= 15 is 0 Å². The van der Waals surface area contributed by atoms with Crippen LogP contribution in [0.5, 0.6) is 0 Å². The van der Waals surface area contributed by atoms with Gasteiger partial charge in [-0.1, -0.05) is 17.7 Å². The topological polar surface area (TPSA) is 20.2 Å². The van der Waals surface area contributed by atoms with Crippen molar-refractivity contribution in [2.24, 2.45) is 0 Å². The second-order valence-corrected chi connectivity index (χ2v) is 5.49. The number of benzene rings is 2. The molecule has 0 saturated carbocycles. The Bertz CT molecular complexity index is 628. The lowest BCUT2D eigenvalue weighted by molar-refractivity contribution is 0.173. The maximum atomic E-state index is 13.9. The summed E-state index contributed by atoms with van der Waals surface area (Å²) in [5, 5.41) is 9.85. The van der Waals surface area contributed by atoms with Gasteiger partial charge in [0.2, 0.25) is 0 Å². The van der Waals surface area contributed by atoms with Crippen LogP contribution >= 0.6 is 27.5 Å². The van der Waals surface area contributed by atoms with Crippen molar-refractivity contribution in [1.82, 2.24) is 0 Å². The molecule has 2 aromatic rings. The minimum Gasteiger partial charge on any atom is -0.388 e. The Morgan fingerprint density at radius 1 is 1.10 bits per heavy atom. The third kappa shape index (κ3) is 3.34. The molecule has 0 bridgehead atoms. The average molecular weight is 366 g/mol. The Balaban J connectivity index is 2.28. The van der Waals surface area contributed by atoms with Crippen molar-refractivity contribution in [3.8, 4) is 0 Å². The lowest BCUT2D eigenvalue weighted by Gasteiger charge is -2.13. The monoisotopic (exact) mass is 364 g/mol. The minimum atomic E-state index is -1.25. The summed E-state index contributed by atoms with van der Waals surface area (Å²) in [7, 11) is 0. The highest BCUT2D eigenvalue weighted by Gasteiger charge is 2.18. The van der Waals surface area contributed by atoms with Gasteiger partial charge in [0.25, 0.3) is 0 Å². The number of hydrogen-bond donors (Lipinski definition) is 1. The van der Waals surface area contributed by atoms with E-state index in [1.165, 1.54) is 12.1 Å². The van der Waals surface area contributed by atoms with Crippen LogP contribution in [0.25, 0.3) is 0 Å². The van der Waals surface area contributed by atoms with Gasteiger partial charge in [-0.05, 0) is 39.7 Å². The summed E-state index contributed by atoms with van der Waals surface area (Å²) in [5.74, 6) is -2.26. The molecular weight excluding hydrogens is 357 g/mol. The SMILES string of the molecule is OC(Cc1cc(F)cc(F)c1)c1ccc(Br)c(Cl)c1F. The molecule has 0 spiro atoms. The van der Waals surface area contributed by atoms with E-state index in [1.54, 1.807) is 0 Å². The molecule has 6 heteroatoms. The van der Waals surface area contributed by atoms with Crippen LogP contribution in [0.3, 0.4) is 0 Å². The molecule has 0 saturated heterocycles. The second-order valence-electron chi connectivity index (χ2n) is 4.26. The van der Waals surface area contributed by atoms with Gasteiger partial charge in [0.05, 0.1) is 11.1 Å². The summed E-state index contributed by atoms with van der Waals surface area (Å²) >= 11 is 8.79. The summed E-state index contributed by atoms with van der Waals surface area (Å²) in [5.41, 5.74) is 0.205. The van der Waals surface area contributed by atoms with Crippen LogP contribution < -0.4 is 0 Å². The summed E-state index contributed by atoms with van der Waals surface area (Å²) in [6.45, 7) is 0. The van der Waals surface area contributed by atoms with Crippen LogP contribution in [0.15, 0.2) is 34.8 Å². The van der Waals surface area contributed by atoms with Gasteiger partial charge in [0.15, 0.2) is 0 Å². The maximum absolute atomic E-state index is 13.9. The Kier molecular flexibility index (Phi) is 4.73. The van der Waals surface area contributed by atoms with E-state index < -0.39 is 23.6 Å². The Labute approximate surface area is 127 Å². The highest BCUT2D eigenvalue weighted by atomic mass is 79.9. The number of rotatable bonds is 3. The molecular formula is C14H9BrClF3O. The molecule has 2 aromatic carbocycles. The van der Waals surface area contributed by atoms with E-state index in [0.717, 1.165) is 18.2 Å². The normalized spacial score (nSPS) is 12.5. The van der Waals surface area contributed by atoms with Crippen molar-refractivity contribution in [2.75, 3.05) is 0 Å². The zero-order valence-electron chi connectivity index (χ0n) is 10.0. The fourth-order valence-corrected chi connectivity index (χ4v) is 2.34. The summed E-state index contributed by atoms with van der Waals surface area (Å²) in [4.78, 5) is 0. The minimum absolute atomic E-state index is 0.0251. The predicted octanol–water partition coefficient (Wildman–Crippen LogP) is 4.80. The van der Waals surface area contributed by atoms with Crippen LogP contribution in [0.4, 0.5) is 13.2 Å². The van der Waals surface area contributed by atoms with Crippen molar-refractivity contribution >= 4 is 27.5 Å². The highest BCUT2D eigenvalue weighted by molar-refractivity contribution is 9.10. The molecule has 106 valence electrons. The molecule has 0 heterocycles. The maximum Gasteiger partial charge on any atom is 0.148 e. The zero-order chi connectivity index (χ0) is 14.9. The standard InChI is InChI=1S/C14H9BrClF3O/c15-11-2-1-10(14(19)13(11)16)12(20)5-7-3-8(17)6-9(18)4-7/h1-4,6,12,20H,5H2. The highest BCUT2D eigenvalue weighted by Crippen LogP contribution is 2.31. The van der Waals surface area contributed by atoms with Crippen molar-refractivity contribution in [3.05, 3.63) is 68.4 Å². The largest absolute Gasteiger partial charge is 0.388 e. The fraction of sp³-hybridized carbons (Fsp3) is 0.143. The van der Waals surface area contributed by atoms with Crippen LogP contribution in [0.2, 0.25) is 5.02 Å². The van der Waals surface area contributed by atoms with Crippen molar-refractivity contribution in [3.63, 3.8) is 0 Å². The molecule has 1 unspecified atom stereocenters. The first-order chi connectivity index (χ1) is 9.38. The van der Waals surface area contributed by atoms with Crippen LogP contribution in [-0.2, 0) is 6.42 Å². The lowest BCUT2D eigenvalue weighted by Crippen LogP contribution is -2.05. The van der Waals surface area contributed by atoms with Gasteiger partial charge in [-0.25, -0.2) is 13.2 Å². The molecule has 0 aliphatic carbocycles. The summed E-state index contributed by atoms with van der Waals surface area (Å²) < 4.78 is 40.4. The molecule has 2 rings (SSSR count). The third-order valence-electron chi connectivity index (χ3n) is 2.78. The predicted molar refractivity (Wildman–Crippen MR) is 74.1 cm³/mol. The van der Waals surface area contributed by atoms with E-state index in [-0.39, 0.29) is 22.6 Å². The second kappa shape index (κ2) is 6.16. The Hall–Kier alpha value is -1.04. The fourth-order valence-electron chi connectivity index (χ4n) is 1.86. The van der Waals surface area contributed by atoms with Crippen molar-refractivity contribution in [2.45, 2.75) is 12.5 Å². The van der Waals surface area contributed by atoms with E-state index in [9.17, 15) is 18.3 Å². The lowest BCUT2D eigenvalue weighted by atomic mass is 10.0. The first kappa shape index (κ1) is 15.4. The number of aliphatic hydroxyl groups is 1. The van der Waals surface area contributed by atoms with Gasteiger partial charge in [-0.15, -0.1) is 0 Å². The van der Waals surface area contributed by atoms with Crippen molar-refractivity contribution < 1.29 is 18.3 Å². The molecule has 1 atom stereocenters. The first-order valence-electron chi connectivity index (χ1n) is 5.65. The Morgan fingerprint density at radius 2 is 1.70 bits per heavy atom. The van der Waals surface area contributed by atoms with Crippen LogP contribution in [-0.4, -0.2) is 5.11 Å². The number of aliphatic hydroxyl groups excluding tert-OH is 1. The Morgan fingerprint density at radius 3 is 2.30 bits per heavy atom. The van der Waals surface area contributed by atoms with Gasteiger partial charge in [0, 0.05) is 22.5 Å². The first-order valence-corrected chi connectivity index (χ1v) is 6.82. The van der Waals surface area contributed by atoms with Gasteiger partial charge >= 0.3 is 0 Å². The third-order valence-corrected chi connectivity index (χ3v) is 4.03. The van der Waals surface area contributed by atoms with Crippen LogP contribution in [0, 0.1) is 17.5 Å². The molecule has 0 radical (unpaired) electrons.